The first kappa shape index (κ1) is 13.9. The number of carboxylic acids is 1. The number of rotatable bonds is 4. The van der Waals surface area contributed by atoms with Crippen LogP contribution in [0.3, 0.4) is 0 Å². The second kappa shape index (κ2) is 5.64. The summed E-state index contributed by atoms with van der Waals surface area (Å²) in [4.78, 5) is 13.5. The summed E-state index contributed by atoms with van der Waals surface area (Å²) in [5.41, 5.74) is 1.76. The zero-order chi connectivity index (χ0) is 13.9. The molecule has 0 saturated carbocycles. The van der Waals surface area contributed by atoms with Gasteiger partial charge in [-0.25, -0.2) is 4.79 Å². The third-order valence-electron chi connectivity index (χ3n) is 4.80. The predicted octanol–water partition coefficient (Wildman–Crippen LogP) is 3.79. The van der Waals surface area contributed by atoms with E-state index in [0.717, 1.165) is 31.6 Å². The van der Waals surface area contributed by atoms with Crippen molar-refractivity contribution in [2.45, 2.75) is 39.5 Å². The van der Waals surface area contributed by atoms with Crippen LogP contribution >= 0.6 is 0 Å². The average molecular weight is 261 g/mol. The summed E-state index contributed by atoms with van der Waals surface area (Å²) in [6.07, 6.45) is 4.76. The van der Waals surface area contributed by atoms with Gasteiger partial charge in [0, 0.05) is 13.1 Å². The maximum absolute atomic E-state index is 11.3. The minimum atomic E-state index is -0.835. The molecule has 19 heavy (non-hydrogen) atoms. The van der Waals surface area contributed by atoms with Gasteiger partial charge in [-0.2, -0.15) is 0 Å². The minimum absolute atomic E-state index is 0.419. The molecule has 0 radical (unpaired) electrons. The molecule has 1 aromatic rings. The molecule has 1 aliphatic heterocycles. The highest BCUT2D eigenvalue weighted by Gasteiger charge is 2.32. The Kier molecular flexibility index (Phi) is 4.13. The number of hydrogen-bond donors (Lipinski definition) is 1. The Hall–Kier alpha value is -1.51. The second-order valence-electron chi connectivity index (χ2n) is 5.52. The summed E-state index contributed by atoms with van der Waals surface area (Å²) in [5.74, 6) is -0.835. The van der Waals surface area contributed by atoms with Crippen LogP contribution in [0.5, 0.6) is 0 Å². The smallest absolute Gasteiger partial charge is 0.337 e. The summed E-state index contributed by atoms with van der Waals surface area (Å²) < 4.78 is 0. The quantitative estimate of drug-likeness (QED) is 0.896. The Bertz CT molecular complexity index is 442. The fourth-order valence-electron chi connectivity index (χ4n) is 3.11. The van der Waals surface area contributed by atoms with Gasteiger partial charge in [0.25, 0.3) is 0 Å². The molecule has 104 valence electrons. The number of carbonyl (C=O) groups is 1. The van der Waals surface area contributed by atoms with Crippen molar-refractivity contribution in [2.24, 2.45) is 5.41 Å². The van der Waals surface area contributed by atoms with Crippen LogP contribution in [0.4, 0.5) is 5.69 Å². The summed E-state index contributed by atoms with van der Waals surface area (Å²) in [6, 6.07) is 7.33. The SMILES string of the molecule is CCC1(CC)CCN(c2ccccc2C(=O)O)CC1. The van der Waals surface area contributed by atoms with Crippen molar-refractivity contribution in [1.82, 2.24) is 0 Å². The van der Waals surface area contributed by atoms with Gasteiger partial charge in [0.15, 0.2) is 0 Å². The first-order valence-corrected chi connectivity index (χ1v) is 7.19. The van der Waals surface area contributed by atoms with E-state index >= 15 is 0 Å². The number of benzene rings is 1. The van der Waals surface area contributed by atoms with Gasteiger partial charge in [-0.15, -0.1) is 0 Å². The third kappa shape index (κ3) is 2.75. The van der Waals surface area contributed by atoms with Crippen molar-refractivity contribution in [3.8, 4) is 0 Å². The van der Waals surface area contributed by atoms with Crippen LogP contribution in [-0.2, 0) is 0 Å². The summed E-state index contributed by atoms with van der Waals surface area (Å²) in [5, 5.41) is 9.26. The standard InChI is InChI=1S/C16H23NO2/c1-3-16(4-2)9-11-17(12-10-16)14-8-6-5-7-13(14)15(18)19/h5-8H,3-4,9-12H2,1-2H3,(H,18,19). The molecular formula is C16H23NO2. The highest BCUT2D eigenvalue weighted by Crippen LogP contribution is 2.39. The number of nitrogens with zero attached hydrogens (tertiary/aromatic N) is 1. The monoisotopic (exact) mass is 261 g/mol. The Morgan fingerprint density at radius 2 is 1.79 bits per heavy atom. The summed E-state index contributed by atoms with van der Waals surface area (Å²) in [7, 11) is 0. The first-order chi connectivity index (χ1) is 9.12. The molecule has 3 nitrogen and oxygen atoms in total. The number of anilines is 1. The molecule has 3 heteroatoms. The topological polar surface area (TPSA) is 40.5 Å². The average Bonchev–Trinajstić information content (AvgIpc) is 2.47. The van der Waals surface area contributed by atoms with E-state index < -0.39 is 5.97 Å². The van der Waals surface area contributed by atoms with Crippen molar-refractivity contribution < 1.29 is 9.90 Å². The molecule has 2 rings (SSSR count). The van der Waals surface area contributed by atoms with Crippen LogP contribution in [0.2, 0.25) is 0 Å². The molecule has 0 aliphatic carbocycles. The van der Waals surface area contributed by atoms with Gasteiger partial charge in [0.1, 0.15) is 0 Å². The molecule has 1 aliphatic rings. The fourth-order valence-corrected chi connectivity index (χ4v) is 3.11. The van der Waals surface area contributed by atoms with Crippen molar-refractivity contribution in [2.75, 3.05) is 18.0 Å². The van der Waals surface area contributed by atoms with Crippen LogP contribution in [0.1, 0.15) is 49.9 Å². The molecule has 1 heterocycles. The normalized spacial score (nSPS) is 18.3. The van der Waals surface area contributed by atoms with Crippen molar-refractivity contribution in [3.05, 3.63) is 29.8 Å². The lowest BCUT2D eigenvalue weighted by Crippen LogP contribution is -2.40. The van der Waals surface area contributed by atoms with Gasteiger partial charge in [-0.3, -0.25) is 0 Å². The van der Waals surface area contributed by atoms with E-state index in [2.05, 4.69) is 18.7 Å². The highest BCUT2D eigenvalue weighted by atomic mass is 16.4. The van der Waals surface area contributed by atoms with Gasteiger partial charge in [0.05, 0.1) is 11.3 Å². The minimum Gasteiger partial charge on any atom is -0.478 e. The number of piperidine rings is 1. The van der Waals surface area contributed by atoms with E-state index in [1.807, 2.05) is 12.1 Å². The Morgan fingerprint density at radius 1 is 1.21 bits per heavy atom. The molecule has 0 amide bonds. The van der Waals surface area contributed by atoms with Gasteiger partial charge in [-0.05, 0) is 30.4 Å². The van der Waals surface area contributed by atoms with Crippen LogP contribution < -0.4 is 4.90 Å². The largest absolute Gasteiger partial charge is 0.478 e. The van der Waals surface area contributed by atoms with Crippen molar-refractivity contribution in [1.29, 1.82) is 0 Å². The molecule has 0 unspecified atom stereocenters. The predicted molar refractivity (Wildman–Crippen MR) is 77.9 cm³/mol. The molecule has 1 saturated heterocycles. The lowest BCUT2D eigenvalue weighted by molar-refractivity contribution is 0.0697. The van der Waals surface area contributed by atoms with Crippen molar-refractivity contribution >= 4 is 11.7 Å². The van der Waals surface area contributed by atoms with E-state index in [1.54, 1.807) is 12.1 Å². The second-order valence-corrected chi connectivity index (χ2v) is 5.52. The molecule has 0 atom stereocenters. The summed E-state index contributed by atoms with van der Waals surface area (Å²) >= 11 is 0. The van der Waals surface area contributed by atoms with E-state index in [0.29, 0.717) is 11.0 Å². The molecule has 1 fully saturated rings. The lowest BCUT2D eigenvalue weighted by atomic mass is 9.74. The van der Waals surface area contributed by atoms with Crippen LogP contribution in [-0.4, -0.2) is 24.2 Å². The first-order valence-electron chi connectivity index (χ1n) is 7.19. The number of hydrogen-bond acceptors (Lipinski definition) is 2. The number of para-hydroxylation sites is 1. The fraction of sp³-hybridized carbons (Fsp3) is 0.562. The lowest BCUT2D eigenvalue weighted by Gasteiger charge is -2.42. The maximum Gasteiger partial charge on any atom is 0.337 e. The van der Waals surface area contributed by atoms with Gasteiger partial charge >= 0.3 is 5.97 Å². The van der Waals surface area contributed by atoms with E-state index in [1.165, 1.54) is 12.8 Å². The molecule has 0 bridgehead atoms. The van der Waals surface area contributed by atoms with Gasteiger partial charge in [0.2, 0.25) is 0 Å². The Morgan fingerprint density at radius 3 is 2.32 bits per heavy atom. The third-order valence-corrected chi connectivity index (χ3v) is 4.80. The maximum atomic E-state index is 11.3. The highest BCUT2D eigenvalue weighted by molar-refractivity contribution is 5.94. The van der Waals surface area contributed by atoms with Crippen LogP contribution in [0.15, 0.2) is 24.3 Å². The van der Waals surface area contributed by atoms with Gasteiger partial charge < -0.3 is 10.0 Å². The van der Waals surface area contributed by atoms with Crippen molar-refractivity contribution in [3.63, 3.8) is 0 Å². The molecule has 0 aromatic heterocycles. The van der Waals surface area contributed by atoms with Crippen LogP contribution in [0, 0.1) is 5.41 Å². The van der Waals surface area contributed by atoms with E-state index in [-0.39, 0.29) is 0 Å². The zero-order valence-electron chi connectivity index (χ0n) is 11.9. The van der Waals surface area contributed by atoms with Gasteiger partial charge in [-0.1, -0.05) is 38.8 Å². The van der Waals surface area contributed by atoms with E-state index in [4.69, 9.17) is 0 Å². The molecule has 1 N–H and O–H groups in total. The Balaban J connectivity index is 2.16. The zero-order valence-corrected chi connectivity index (χ0v) is 11.9. The van der Waals surface area contributed by atoms with E-state index in [9.17, 15) is 9.90 Å². The van der Waals surface area contributed by atoms with Crippen LogP contribution in [0.25, 0.3) is 0 Å². The Labute approximate surface area is 115 Å². The number of aromatic carboxylic acids is 1. The number of carboxylic acid groups (broad SMARTS) is 1. The molecular weight excluding hydrogens is 238 g/mol. The molecule has 0 spiro atoms. The summed E-state index contributed by atoms with van der Waals surface area (Å²) in [6.45, 7) is 6.46. The molecule has 1 aromatic carbocycles.